The normalized spacial score (nSPS) is 12.1. The largest absolute Gasteiger partial charge is 0.456 e. The van der Waals surface area contributed by atoms with E-state index in [1.165, 1.54) is 82.2 Å². The first-order chi connectivity index (χ1) is 25.2. The average Bonchev–Trinajstić information content (AvgIpc) is 3.20. The number of fused-ring (bicyclic) bond motifs is 2. The zero-order valence-electron chi connectivity index (χ0n) is 27.7. The molecule has 10 aromatic carbocycles. The quantitative estimate of drug-likeness (QED) is 0.173. The molecule has 11 rings (SSSR count). The van der Waals surface area contributed by atoms with Crippen LogP contribution in [0.4, 0.5) is 0 Å². The van der Waals surface area contributed by atoms with Crippen LogP contribution in [0.25, 0.3) is 98.7 Å². The lowest BCUT2D eigenvalue weighted by Crippen LogP contribution is -1.98. The van der Waals surface area contributed by atoms with Gasteiger partial charge in [0.2, 0.25) is 0 Å². The van der Waals surface area contributed by atoms with Gasteiger partial charge >= 0.3 is 0 Å². The lowest BCUT2D eigenvalue weighted by atomic mass is 9.87. The molecule has 1 heterocycles. The standard InChI is InChI=1S/C50H30O/c1-3-9-31(10-4-1)38-27-39(29-41(28-38)40-25-36-19-17-33-13-7-14-34-18-20-37(26-40)49(36)48(33)34)35-21-23-46-45(30-35)44-16-8-15-43-42(32-11-5-2-6-12-32)22-24-47(51-46)50(43)44/h1-30H. The molecule has 1 aliphatic rings. The van der Waals surface area contributed by atoms with E-state index in [4.69, 9.17) is 4.74 Å². The van der Waals surface area contributed by atoms with E-state index in [1.807, 2.05) is 0 Å². The van der Waals surface area contributed by atoms with Gasteiger partial charge in [0.1, 0.15) is 11.5 Å². The fourth-order valence-electron chi connectivity index (χ4n) is 8.36. The van der Waals surface area contributed by atoms with Gasteiger partial charge in [-0.1, -0.05) is 133 Å². The van der Waals surface area contributed by atoms with Crippen molar-refractivity contribution in [2.45, 2.75) is 0 Å². The SMILES string of the molecule is c1ccc(-c2cc(-c3ccc4c(c3)-c3cccc5c(-c6ccccc6)ccc(c35)O4)cc(-c3cc4ccc5cccc6ccc(c3)c4c56)c2)cc1. The fraction of sp³-hybridized carbons (Fsp3) is 0. The van der Waals surface area contributed by atoms with E-state index in [2.05, 4.69) is 182 Å². The van der Waals surface area contributed by atoms with Crippen molar-refractivity contribution >= 4 is 43.1 Å². The van der Waals surface area contributed by atoms with Gasteiger partial charge in [-0.3, -0.25) is 0 Å². The third kappa shape index (κ3) is 4.42. The molecule has 1 nitrogen and oxygen atoms in total. The van der Waals surface area contributed by atoms with Crippen LogP contribution in [0.3, 0.4) is 0 Å². The molecule has 0 saturated carbocycles. The molecule has 0 atom stereocenters. The van der Waals surface area contributed by atoms with E-state index in [0.717, 1.165) is 28.0 Å². The number of benzene rings is 10. The highest BCUT2D eigenvalue weighted by atomic mass is 16.5. The molecule has 0 unspecified atom stereocenters. The Labute approximate surface area is 296 Å². The van der Waals surface area contributed by atoms with Gasteiger partial charge in [-0.05, 0) is 136 Å². The number of ether oxygens (including phenoxy) is 1. The van der Waals surface area contributed by atoms with E-state index in [1.54, 1.807) is 0 Å². The summed E-state index contributed by atoms with van der Waals surface area (Å²) < 4.78 is 6.61. The van der Waals surface area contributed by atoms with E-state index >= 15 is 0 Å². The highest BCUT2D eigenvalue weighted by Gasteiger charge is 2.22. The van der Waals surface area contributed by atoms with Crippen molar-refractivity contribution in [3.63, 3.8) is 0 Å². The second-order valence-electron chi connectivity index (χ2n) is 13.7. The van der Waals surface area contributed by atoms with Crippen molar-refractivity contribution in [1.29, 1.82) is 0 Å². The predicted octanol–water partition coefficient (Wildman–Crippen LogP) is 14.2. The summed E-state index contributed by atoms with van der Waals surface area (Å²) in [5.74, 6) is 1.79. The van der Waals surface area contributed by atoms with Gasteiger partial charge in [0, 0.05) is 10.9 Å². The van der Waals surface area contributed by atoms with Gasteiger partial charge in [-0.25, -0.2) is 0 Å². The lowest BCUT2D eigenvalue weighted by molar-refractivity contribution is 0.487. The van der Waals surface area contributed by atoms with Crippen LogP contribution in [0.5, 0.6) is 11.5 Å². The fourth-order valence-corrected chi connectivity index (χ4v) is 8.36. The second-order valence-corrected chi connectivity index (χ2v) is 13.7. The molecule has 1 aliphatic heterocycles. The van der Waals surface area contributed by atoms with Crippen molar-refractivity contribution in [3.8, 4) is 67.1 Å². The van der Waals surface area contributed by atoms with Crippen LogP contribution >= 0.6 is 0 Å². The minimum absolute atomic E-state index is 0.887. The molecule has 0 aliphatic carbocycles. The van der Waals surface area contributed by atoms with Crippen LogP contribution in [0, 0.1) is 0 Å². The maximum Gasteiger partial charge on any atom is 0.135 e. The van der Waals surface area contributed by atoms with Crippen LogP contribution in [-0.4, -0.2) is 0 Å². The van der Waals surface area contributed by atoms with E-state index in [-0.39, 0.29) is 0 Å². The Kier molecular flexibility index (Phi) is 6.02. The summed E-state index contributed by atoms with van der Waals surface area (Å²) in [5, 5.41) is 10.2. The first-order valence-electron chi connectivity index (χ1n) is 17.6. The summed E-state index contributed by atoms with van der Waals surface area (Å²) >= 11 is 0. The van der Waals surface area contributed by atoms with E-state index in [0.29, 0.717) is 0 Å². The zero-order valence-corrected chi connectivity index (χ0v) is 27.7. The molecule has 1 heteroatoms. The number of hydrogen-bond acceptors (Lipinski definition) is 1. The first kappa shape index (κ1) is 28.2. The molecule has 0 radical (unpaired) electrons. The van der Waals surface area contributed by atoms with E-state index in [9.17, 15) is 0 Å². The molecule has 0 aromatic heterocycles. The molecule has 236 valence electrons. The maximum absolute atomic E-state index is 6.61. The molecule has 0 spiro atoms. The van der Waals surface area contributed by atoms with Crippen LogP contribution in [0.15, 0.2) is 182 Å². The molecule has 0 amide bonds. The average molecular weight is 647 g/mol. The summed E-state index contributed by atoms with van der Waals surface area (Å²) in [6, 6.07) is 66.4. The van der Waals surface area contributed by atoms with Crippen LogP contribution in [-0.2, 0) is 0 Å². The Bertz CT molecular complexity index is 2910. The monoisotopic (exact) mass is 646 g/mol. The summed E-state index contributed by atoms with van der Waals surface area (Å²) in [6.07, 6.45) is 0. The van der Waals surface area contributed by atoms with Gasteiger partial charge in [0.05, 0.1) is 0 Å². The van der Waals surface area contributed by atoms with Gasteiger partial charge in [0.15, 0.2) is 0 Å². The Morgan fingerprint density at radius 1 is 0.255 bits per heavy atom. The highest BCUT2D eigenvalue weighted by Crippen LogP contribution is 2.50. The molecular weight excluding hydrogens is 617 g/mol. The van der Waals surface area contributed by atoms with Crippen molar-refractivity contribution in [3.05, 3.63) is 182 Å². The van der Waals surface area contributed by atoms with Crippen molar-refractivity contribution < 1.29 is 4.74 Å². The van der Waals surface area contributed by atoms with Crippen molar-refractivity contribution in [2.75, 3.05) is 0 Å². The maximum atomic E-state index is 6.61. The van der Waals surface area contributed by atoms with Gasteiger partial charge < -0.3 is 4.74 Å². The van der Waals surface area contributed by atoms with Crippen molar-refractivity contribution in [2.24, 2.45) is 0 Å². The predicted molar refractivity (Wildman–Crippen MR) is 215 cm³/mol. The van der Waals surface area contributed by atoms with Crippen LogP contribution in [0.1, 0.15) is 0 Å². The molecule has 0 bridgehead atoms. The molecule has 0 N–H and O–H groups in total. The van der Waals surface area contributed by atoms with Gasteiger partial charge in [-0.15, -0.1) is 0 Å². The first-order valence-corrected chi connectivity index (χ1v) is 17.6. The van der Waals surface area contributed by atoms with Gasteiger partial charge in [-0.2, -0.15) is 0 Å². The molecule has 0 saturated heterocycles. The van der Waals surface area contributed by atoms with Gasteiger partial charge in [0.25, 0.3) is 0 Å². The van der Waals surface area contributed by atoms with Crippen LogP contribution < -0.4 is 4.74 Å². The Balaban J connectivity index is 1.10. The Hall–Kier alpha value is -6.70. The number of rotatable bonds is 4. The summed E-state index contributed by atoms with van der Waals surface area (Å²) in [6.45, 7) is 0. The lowest BCUT2D eigenvalue weighted by Gasteiger charge is -2.23. The molecule has 10 aromatic rings. The Morgan fingerprint density at radius 3 is 1.55 bits per heavy atom. The minimum Gasteiger partial charge on any atom is -0.456 e. The summed E-state index contributed by atoms with van der Waals surface area (Å²) in [4.78, 5) is 0. The third-order valence-corrected chi connectivity index (χ3v) is 10.7. The number of hydrogen-bond donors (Lipinski definition) is 0. The van der Waals surface area contributed by atoms with Crippen LogP contribution in [0.2, 0.25) is 0 Å². The van der Waals surface area contributed by atoms with Crippen molar-refractivity contribution in [1.82, 2.24) is 0 Å². The topological polar surface area (TPSA) is 9.23 Å². The highest BCUT2D eigenvalue weighted by molar-refractivity contribution is 6.23. The van der Waals surface area contributed by atoms with E-state index < -0.39 is 0 Å². The molecule has 51 heavy (non-hydrogen) atoms. The summed E-state index contributed by atoms with van der Waals surface area (Å²) in [5.41, 5.74) is 11.9. The summed E-state index contributed by atoms with van der Waals surface area (Å²) in [7, 11) is 0. The Morgan fingerprint density at radius 2 is 0.824 bits per heavy atom. The second kappa shape index (κ2) is 10.9. The smallest absolute Gasteiger partial charge is 0.135 e. The zero-order chi connectivity index (χ0) is 33.5. The minimum atomic E-state index is 0.887. The molecular formula is C50H30O. The molecule has 0 fully saturated rings. The third-order valence-electron chi connectivity index (χ3n) is 10.7.